The van der Waals surface area contributed by atoms with Crippen LogP contribution in [0.1, 0.15) is 0 Å². The summed E-state index contributed by atoms with van der Waals surface area (Å²) >= 11 is 0. The predicted molar refractivity (Wildman–Crippen MR) is 50.5 cm³/mol. The minimum absolute atomic E-state index is 0.0985. The van der Waals surface area contributed by atoms with Crippen molar-refractivity contribution in [3.8, 4) is 0 Å². The normalized spacial score (nSPS) is 10.5. The second kappa shape index (κ2) is 3.27. The van der Waals surface area contributed by atoms with E-state index in [9.17, 15) is 18.9 Å². The highest BCUT2D eigenvalue weighted by atomic mass is 19.2. The topological polar surface area (TPSA) is 43.1 Å². The number of rotatable bonds is 1. The van der Waals surface area contributed by atoms with Gasteiger partial charge < -0.3 is 0 Å². The van der Waals surface area contributed by atoms with Gasteiger partial charge in [-0.2, -0.15) is 0 Å². The van der Waals surface area contributed by atoms with Crippen molar-refractivity contribution >= 4 is 16.5 Å². The van der Waals surface area contributed by atoms with Gasteiger partial charge in [-0.3, -0.25) is 10.1 Å². The van der Waals surface area contributed by atoms with Crippen molar-refractivity contribution in [2.75, 3.05) is 0 Å². The lowest BCUT2D eigenvalue weighted by Gasteiger charge is -2.00. The number of nitro benzene ring substituents is 1. The van der Waals surface area contributed by atoms with Gasteiger partial charge in [0.05, 0.1) is 10.3 Å². The Hall–Kier alpha value is -2.04. The molecule has 0 heterocycles. The van der Waals surface area contributed by atoms with Crippen LogP contribution in [0.15, 0.2) is 30.3 Å². The highest BCUT2D eigenvalue weighted by molar-refractivity contribution is 5.90. The number of benzene rings is 2. The lowest BCUT2D eigenvalue weighted by Crippen LogP contribution is -1.91. The molecule has 2 rings (SSSR count). The summed E-state index contributed by atoms with van der Waals surface area (Å²) in [5.74, 6) is -2.10. The van der Waals surface area contributed by atoms with Gasteiger partial charge in [-0.05, 0) is 17.5 Å². The summed E-state index contributed by atoms with van der Waals surface area (Å²) in [6, 6.07) is 5.95. The zero-order valence-electron chi connectivity index (χ0n) is 7.41. The minimum atomic E-state index is -1.09. The van der Waals surface area contributed by atoms with Crippen LogP contribution in [0.3, 0.4) is 0 Å². The van der Waals surface area contributed by atoms with E-state index >= 15 is 0 Å². The molecule has 0 atom stereocenters. The van der Waals surface area contributed by atoms with Crippen LogP contribution < -0.4 is 0 Å². The Kier molecular flexibility index (Phi) is 2.07. The van der Waals surface area contributed by atoms with Crippen molar-refractivity contribution in [1.29, 1.82) is 0 Å². The molecule has 0 radical (unpaired) electrons. The van der Waals surface area contributed by atoms with E-state index in [2.05, 4.69) is 0 Å². The van der Waals surface area contributed by atoms with Crippen LogP contribution in [0, 0.1) is 21.7 Å². The first-order chi connectivity index (χ1) is 7.09. The monoisotopic (exact) mass is 209 g/mol. The summed E-state index contributed by atoms with van der Waals surface area (Å²) in [4.78, 5) is 9.98. The summed E-state index contributed by atoms with van der Waals surface area (Å²) in [7, 11) is 0. The van der Waals surface area contributed by atoms with Gasteiger partial charge in [-0.1, -0.05) is 12.1 Å². The molecule has 0 fully saturated rings. The maximum absolute atomic E-state index is 12.9. The summed E-state index contributed by atoms with van der Waals surface area (Å²) in [6.45, 7) is 0. The van der Waals surface area contributed by atoms with E-state index in [1.54, 1.807) is 0 Å². The van der Waals surface area contributed by atoms with Crippen LogP contribution in [0.2, 0.25) is 0 Å². The number of hydrogen-bond acceptors (Lipinski definition) is 2. The fourth-order valence-electron chi connectivity index (χ4n) is 1.41. The maximum Gasteiger partial charge on any atom is 0.277 e. The molecule has 2 aromatic carbocycles. The third-order valence-electron chi connectivity index (χ3n) is 2.09. The van der Waals surface area contributed by atoms with Crippen LogP contribution >= 0.6 is 0 Å². The highest BCUT2D eigenvalue weighted by Gasteiger charge is 2.13. The van der Waals surface area contributed by atoms with Crippen LogP contribution in [0.25, 0.3) is 10.8 Å². The Labute approximate surface area is 83.1 Å². The first kappa shape index (κ1) is 9.51. The number of non-ortho nitro benzene ring substituents is 1. The smallest absolute Gasteiger partial charge is 0.258 e. The third kappa shape index (κ3) is 1.52. The van der Waals surface area contributed by atoms with Gasteiger partial charge in [-0.15, -0.1) is 0 Å². The average molecular weight is 209 g/mol. The van der Waals surface area contributed by atoms with Gasteiger partial charge in [-0.25, -0.2) is 8.78 Å². The van der Waals surface area contributed by atoms with Crippen molar-refractivity contribution in [3.63, 3.8) is 0 Å². The van der Waals surface area contributed by atoms with Crippen LogP contribution in [-0.4, -0.2) is 4.92 Å². The number of nitro groups is 1. The fraction of sp³-hybridized carbons (Fsp3) is 0. The summed E-state index contributed by atoms with van der Waals surface area (Å²) in [5.41, 5.74) is -0.230. The van der Waals surface area contributed by atoms with Gasteiger partial charge in [0.1, 0.15) is 0 Å². The molecule has 0 aromatic heterocycles. The number of halogens is 2. The Balaban J connectivity index is 2.86. The van der Waals surface area contributed by atoms with Crippen LogP contribution in [0.4, 0.5) is 14.5 Å². The molecular formula is C10H5F2NO2. The molecule has 15 heavy (non-hydrogen) atoms. The molecule has 0 saturated carbocycles. The molecule has 0 aliphatic rings. The zero-order chi connectivity index (χ0) is 11.0. The van der Waals surface area contributed by atoms with Crippen molar-refractivity contribution < 1.29 is 13.7 Å². The Bertz CT molecular complexity index is 554. The Morgan fingerprint density at radius 2 is 1.80 bits per heavy atom. The number of fused-ring (bicyclic) bond motifs is 1. The Morgan fingerprint density at radius 3 is 2.47 bits per heavy atom. The molecule has 0 amide bonds. The van der Waals surface area contributed by atoms with Gasteiger partial charge in [0.25, 0.3) is 5.69 Å². The molecule has 5 heteroatoms. The molecule has 0 aliphatic heterocycles. The van der Waals surface area contributed by atoms with E-state index in [4.69, 9.17) is 0 Å². The van der Waals surface area contributed by atoms with Crippen LogP contribution in [0.5, 0.6) is 0 Å². The largest absolute Gasteiger partial charge is 0.277 e. The second-order valence-electron chi connectivity index (χ2n) is 3.02. The highest BCUT2D eigenvalue weighted by Crippen LogP contribution is 2.27. The van der Waals surface area contributed by atoms with E-state index in [1.165, 1.54) is 18.2 Å². The van der Waals surface area contributed by atoms with Crippen molar-refractivity contribution in [2.24, 2.45) is 0 Å². The number of nitrogens with zero attached hydrogens (tertiary/aromatic N) is 1. The lowest BCUT2D eigenvalue weighted by atomic mass is 10.1. The fourth-order valence-corrected chi connectivity index (χ4v) is 1.41. The van der Waals surface area contributed by atoms with E-state index < -0.39 is 16.6 Å². The van der Waals surface area contributed by atoms with Gasteiger partial charge >= 0.3 is 0 Å². The van der Waals surface area contributed by atoms with Crippen molar-refractivity contribution in [2.45, 2.75) is 0 Å². The molecule has 0 spiro atoms. The summed E-state index contributed by atoms with van der Waals surface area (Å²) in [6.07, 6.45) is 0. The molecule has 76 valence electrons. The molecular weight excluding hydrogens is 204 g/mol. The molecule has 0 saturated heterocycles. The standard InChI is InChI=1S/C10H5F2NO2/c11-8-4-6-2-1-3-10(13(14)15)7(6)5-9(8)12/h1-5H. The lowest BCUT2D eigenvalue weighted by molar-refractivity contribution is -0.383. The predicted octanol–water partition coefficient (Wildman–Crippen LogP) is 3.03. The SMILES string of the molecule is O=[N+]([O-])c1cccc2cc(F)c(F)cc12. The van der Waals surface area contributed by atoms with E-state index in [0.717, 1.165) is 12.1 Å². The van der Waals surface area contributed by atoms with Gasteiger partial charge in [0.2, 0.25) is 0 Å². The molecule has 0 aliphatic carbocycles. The van der Waals surface area contributed by atoms with Gasteiger partial charge in [0.15, 0.2) is 11.6 Å². The molecule has 3 nitrogen and oxygen atoms in total. The zero-order valence-corrected chi connectivity index (χ0v) is 7.41. The molecule has 0 unspecified atom stereocenters. The van der Waals surface area contributed by atoms with Crippen molar-refractivity contribution in [1.82, 2.24) is 0 Å². The molecule has 0 bridgehead atoms. The average Bonchev–Trinajstić information content (AvgIpc) is 2.18. The van der Waals surface area contributed by atoms with E-state index in [-0.39, 0.29) is 11.1 Å². The third-order valence-corrected chi connectivity index (χ3v) is 2.09. The first-order valence-corrected chi connectivity index (χ1v) is 4.12. The minimum Gasteiger partial charge on any atom is -0.258 e. The van der Waals surface area contributed by atoms with Gasteiger partial charge in [0, 0.05) is 6.07 Å². The quantitative estimate of drug-likeness (QED) is 0.535. The molecule has 0 N–H and O–H groups in total. The van der Waals surface area contributed by atoms with E-state index in [1.807, 2.05) is 0 Å². The maximum atomic E-state index is 12.9. The van der Waals surface area contributed by atoms with E-state index in [0.29, 0.717) is 5.39 Å². The first-order valence-electron chi connectivity index (χ1n) is 4.12. The van der Waals surface area contributed by atoms with Crippen LogP contribution in [-0.2, 0) is 0 Å². The number of hydrogen-bond donors (Lipinski definition) is 0. The summed E-state index contributed by atoms with van der Waals surface area (Å²) < 4.78 is 25.7. The van der Waals surface area contributed by atoms with Crippen molar-refractivity contribution in [3.05, 3.63) is 52.1 Å². The second-order valence-corrected chi connectivity index (χ2v) is 3.02. The Morgan fingerprint density at radius 1 is 1.13 bits per heavy atom. The molecule has 2 aromatic rings. The summed E-state index contributed by atoms with van der Waals surface area (Å²) in [5, 5.41) is 11.0.